The van der Waals surface area contributed by atoms with E-state index in [1.165, 1.54) is 4.90 Å². The number of carbonyl (C=O) groups excluding carboxylic acids is 2. The van der Waals surface area contributed by atoms with Crippen LogP contribution in [0.15, 0.2) is 18.3 Å². The highest BCUT2D eigenvalue weighted by Gasteiger charge is 2.23. The molecule has 7 nitrogen and oxygen atoms in total. The Morgan fingerprint density at radius 2 is 2.04 bits per heavy atom. The lowest BCUT2D eigenvalue weighted by Crippen LogP contribution is -2.41. The average molecular weight is 334 g/mol. The van der Waals surface area contributed by atoms with Crippen molar-refractivity contribution in [1.82, 2.24) is 14.8 Å². The number of aromatic nitrogens is 1. The van der Waals surface area contributed by atoms with Crippen LogP contribution in [0.1, 0.15) is 32.6 Å². The van der Waals surface area contributed by atoms with Crippen molar-refractivity contribution < 1.29 is 14.3 Å². The highest BCUT2D eigenvalue weighted by molar-refractivity contribution is 5.88. The number of carbonyl (C=O) groups is 2. The van der Waals surface area contributed by atoms with E-state index in [2.05, 4.69) is 10.3 Å². The van der Waals surface area contributed by atoms with E-state index >= 15 is 0 Å². The van der Waals surface area contributed by atoms with E-state index in [1.807, 2.05) is 11.8 Å². The molecule has 1 aliphatic rings. The molecule has 1 saturated heterocycles. The molecule has 0 spiro atoms. The fourth-order valence-electron chi connectivity index (χ4n) is 2.53. The molecule has 1 aromatic rings. The van der Waals surface area contributed by atoms with E-state index in [0.29, 0.717) is 18.0 Å². The Hall–Kier alpha value is -2.31. The van der Waals surface area contributed by atoms with Crippen LogP contribution in [-0.4, -0.2) is 60.0 Å². The number of pyridine rings is 1. The first kappa shape index (κ1) is 18.0. The third kappa shape index (κ3) is 5.11. The summed E-state index contributed by atoms with van der Waals surface area (Å²) in [6.07, 6.45) is 4.79. The number of anilines is 1. The lowest BCUT2D eigenvalue weighted by atomic mass is 10.1. The van der Waals surface area contributed by atoms with Gasteiger partial charge in [0.2, 0.25) is 11.8 Å². The number of hydrogen-bond donors (Lipinski definition) is 1. The standard InChI is InChI=1S/C17H26N4O3/c1-4-5-16(22)21-10-8-14(9-11-21)24-15-7-6-13(12-18-15)19-17(23)20(2)3/h6-7,12,14H,4-5,8-11H2,1-3H3,(H,19,23). The van der Waals surface area contributed by atoms with E-state index in [4.69, 9.17) is 4.74 Å². The Bertz CT molecular complexity index is 551. The molecule has 3 amide bonds. The maximum Gasteiger partial charge on any atom is 0.321 e. The van der Waals surface area contributed by atoms with Crippen molar-refractivity contribution in [2.75, 3.05) is 32.5 Å². The average Bonchev–Trinajstić information content (AvgIpc) is 2.57. The van der Waals surface area contributed by atoms with Crippen molar-refractivity contribution in [3.05, 3.63) is 18.3 Å². The Balaban J connectivity index is 1.80. The molecular weight excluding hydrogens is 308 g/mol. The molecule has 1 aliphatic heterocycles. The predicted octanol–water partition coefficient (Wildman–Crippen LogP) is 2.35. The van der Waals surface area contributed by atoms with Crippen molar-refractivity contribution in [1.29, 1.82) is 0 Å². The van der Waals surface area contributed by atoms with Gasteiger partial charge in [-0.15, -0.1) is 0 Å². The van der Waals surface area contributed by atoms with Gasteiger partial charge in [-0.2, -0.15) is 0 Å². The van der Waals surface area contributed by atoms with E-state index < -0.39 is 0 Å². The minimum atomic E-state index is -0.199. The molecule has 0 aromatic carbocycles. The molecule has 1 fully saturated rings. The molecule has 2 heterocycles. The maximum atomic E-state index is 11.9. The Morgan fingerprint density at radius 1 is 1.33 bits per heavy atom. The van der Waals surface area contributed by atoms with Gasteiger partial charge in [0.1, 0.15) is 6.10 Å². The first-order valence-electron chi connectivity index (χ1n) is 8.38. The van der Waals surface area contributed by atoms with E-state index in [0.717, 1.165) is 32.4 Å². The number of nitrogens with zero attached hydrogens (tertiary/aromatic N) is 3. The number of likely N-dealkylation sites (tertiary alicyclic amines) is 1. The van der Waals surface area contributed by atoms with Crippen LogP contribution in [0.4, 0.5) is 10.5 Å². The third-order valence-corrected chi connectivity index (χ3v) is 3.94. The zero-order valence-corrected chi connectivity index (χ0v) is 14.6. The van der Waals surface area contributed by atoms with Crippen LogP contribution in [0.2, 0.25) is 0 Å². The van der Waals surface area contributed by atoms with E-state index in [1.54, 1.807) is 32.4 Å². The molecule has 0 unspecified atom stereocenters. The Labute approximate surface area is 143 Å². The first-order chi connectivity index (χ1) is 11.5. The van der Waals surface area contributed by atoms with E-state index in [9.17, 15) is 9.59 Å². The summed E-state index contributed by atoms with van der Waals surface area (Å²) in [6.45, 7) is 3.49. The van der Waals surface area contributed by atoms with Crippen molar-refractivity contribution in [3.63, 3.8) is 0 Å². The van der Waals surface area contributed by atoms with Crippen LogP contribution in [0.25, 0.3) is 0 Å². The Kier molecular flexibility index (Phi) is 6.40. The largest absolute Gasteiger partial charge is 0.474 e. The monoisotopic (exact) mass is 334 g/mol. The molecule has 2 rings (SSSR count). The summed E-state index contributed by atoms with van der Waals surface area (Å²) in [5.74, 6) is 0.770. The van der Waals surface area contributed by atoms with Gasteiger partial charge in [-0.05, 0) is 12.5 Å². The molecule has 0 atom stereocenters. The van der Waals surface area contributed by atoms with Crippen molar-refractivity contribution in [2.45, 2.75) is 38.7 Å². The molecule has 0 radical (unpaired) electrons. The molecule has 24 heavy (non-hydrogen) atoms. The summed E-state index contributed by atoms with van der Waals surface area (Å²) in [5.41, 5.74) is 0.626. The smallest absolute Gasteiger partial charge is 0.321 e. The SMILES string of the molecule is CCCC(=O)N1CCC(Oc2ccc(NC(=O)N(C)C)cn2)CC1. The molecule has 1 N–H and O–H groups in total. The summed E-state index contributed by atoms with van der Waals surface area (Å²) in [5, 5.41) is 2.73. The molecule has 1 aromatic heterocycles. The van der Waals surface area contributed by atoms with Crippen LogP contribution < -0.4 is 10.1 Å². The third-order valence-electron chi connectivity index (χ3n) is 3.94. The van der Waals surface area contributed by atoms with Gasteiger partial charge in [0.05, 0.1) is 11.9 Å². The van der Waals surface area contributed by atoms with Gasteiger partial charge in [-0.25, -0.2) is 9.78 Å². The fraction of sp³-hybridized carbons (Fsp3) is 0.588. The number of rotatable bonds is 5. The summed E-state index contributed by atoms with van der Waals surface area (Å²) in [4.78, 5) is 31.0. The first-order valence-corrected chi connectivity index (χ1v) is 8.38. The highest BCUT2D eigenvalue weighted by atomic mass is 16.5. The molecule has 0 bridgehead atoms. The predicted molar refractivity (Wildman–Crippen MR) is 92.1 cm³/mol. The lowest BCUT2D eigenvalue weighted by Gasteiger charge is -2.32. The number of nitrogens with one attached hydrogen (secondary N) is 1. The second-order valence-electron chi connectivity index (χ2n) is 6.16. The van der Waals surface area contributed by atoms with Crippen LogP contribution in [-0.2, 0) is 4.79 Å². The van der Waals surface area contributed by atoms with Gasteiger partial charge in [0.15, 0.2) is 0 Å². The van der Waals surface area contributed by atoms with Gasteiger partial charge in [0, 0.05) is 52.5 Å². The summed E-state index contributed by atoms with van der Waals surface area (Å²) in [7, 11) is 3.36. The number of urea groups is 1. The fourth-order valence-corrected chi connectivity index (χ4v) is 2.53. The van der Waals surface area contributed by atoms with Gasteiger partial charge < -0.3 is 19.9 Å². The van der Waals surface area contributed by atoms with Gasteiger partial charge in [-0.3, -0.25) is 4.79 Å². The zero-order valence-electron chi connectivity index (χ0n) is 14.6. The van der Waals surface area contributed by atoms with Crippen LogP contribution in [0, 0.1) is 0 Å². The Morgan fingerprint density at radius 3 is 2.58 bits per heavy atom. The minimum Gasteiger partial charge on any atom is -0.474 e. The normalized spacial score (nSPS) is 15.0. The zero-order chi connectivity index (χ0) is 17.5. The van der Waals surface area contributed by atoms with Gasteiger partial charge in [0.25, 0.3) is 0 Å². The van der Waals surface area contributed by atoms with Crippen molar-refractivity contribution in [3.8, 4) is 5.88 Å². The number of hydrogen-bond acceptors (Lipinski definition) is 4. The van der Waals surface area contributed by atoms with Crippen LogP contribution in [0.5, 0.6) is 5.88 Å². The second kappa shape index (κ2) is 8.52. The molecule has 7 heteroatoms. The quantitative estimate of drug-likeness (QED) is 0.897. The highest BCUT2D eigenvalue weighted by Crippen LogP contribution is 2.19. The van der Waals surface area contributed by atoms with Crippen LogP contribution >= 0.6 is 0 Å². The number of ether oxygens (including phenoxy) is 1. The number of amides is 3. The number of piperidine rings is 1. The molecule has 0 aliphatic carbocycles. The summed E-state index contributed by atoms with van der Waals surface area (Å²) in [6, 6.07) is 3.32. The molecular formula is C17H26N4O3. The minimum absolute atomic E-state index is 0.0744. The summed E-state index contributed by atoms with van der Waals surface area (Å²) >= 11 is 0. The van der Waals surface area contributed by atoms with Gasteiger partial charge >= 0.3 is 6.03 Å². The maximum absolute atomic E-state index is 11.9. The topological polar surface area (TPSA) is 74.8 Å². The van der Waals surface area contributed by atoms with Gasteiger partial charge in [-0.1, -0.05) is 6.92 Å². The van der Waals surface area contributed by atoms with Crippen molar-refractivity contribution >= 4 is 17.6 Å². The lowest BCUT2D eigenvalue weighted by molar-refractivity contribution is -0.133. The molecule has 0 saturated carbocycles. The van der Waals surface area contributed by atoms with Crippen LogP contribution in [0.3, 0.4) is 0 Å². The summed E-state index contributed by atoms with van der Waals surface area (Å²) < 4.78 is 5.88. The van der Waals surface area contributed by atoms with E-state index in [-0.39, 0.29) is 18.0 Å². The molecule has 132 valence electrons. The second-order valence-corrected chi connectivity index (χ2v) is 6.16. The van der Waals surface area contributed by atoms with Crippen molar-refractivity contribution in [2.24, 2.45) is 0 Å².